The van der Waals surface area contributed by atoms with Crippen molar-refractivity contribution in [2.75, 3.05) is 12.4 Å². The molecule has 0 saturated heterocycles. The number of halogens is 1. The van der Waals surface area contributed by atoms with Crippen LogP contribution in [-0.2, 0) is 0 Å². The van der Waals surface area contributed by atoms with Crippen molar-refractivity contribution in [2.45, 2.75) is 0 Å². The second kappa shape index (κ2) is 4.99. The van der Waals surface area contributed by atoms with Crippen molar-refractivity contribution in [2.24, 2.45) is 0 Å². The Morgan fingerprint density at radius 3 is 2.81 bits per heavy atom. The lowest BCUT2D eigenvalue weighted by Gasteiger charge is -2.09. The van der Waals surface area contributed by atoms with Gasteiger partial charge in [-0.3, -0.25) is 0 Å². The fourth-order valence-corrected chi connectivity index (χ4v) is 1.65. The summed E-state index contributed by atoms with van der Waals surface area (Å²) in [6, 6.07) is 11.5. The number of rotatable bonds is 3. The van der Waals surface area contributed by atoms with Crippen LogP contribution in [0.5, 0.6) is 5.75 Å². The fourth-order valence-electron chi connectivity index (χ4n) is 1.30. The predicted molar refractivity (Wildman–Crippen MR) is 68.2 cm³/mol. The Morgan fingerprint density at radius 1 is 1.25 bits per heavy atom. The summed E-state index contributed by atoms with van der Waals surface area (Å²) in [6.07, 6.45) is 1.75. The van der Waals surface area contributed by atoms with Crippen LogP contribution in [0.2, 0.25) is 0 Å². The molecular formula is C12H11BrN2O. The number of hydrogen-bond donors (Lipinski definition) is 1. The van der Waals surface area contributed by atoms with Crippen LogP contribution >= 0.6 is 15.9 Å². The van der Waals surface area contributed by atoms with Gasteiger partial charge in [0.1, 0.15) is 11.6 Å². The van der Waals surface area contributed by atoms with Crippen LogP contribution < -0.4 is 10.1 Å². The Labute approximate surface area is 103 Å². The molecule has 1 heterocycles. The molecule has 0 bridgehead atoms. The third-order valence-electron chi connectivity index (χ3n) is 2.10. The highest BCUT2D eigenvalue weighted by Crippen LogP contribution is 2.28. The van der Waals surface area contributed by atoms with E-state index in [4.69, 9.17) is 4.74 Å². The van der Waals surface area contributed by atoms with Crippen LogP contribution in [0.25, 0.3) is 0 Å². The topological polar surface area (TPSA) is 34.1 Å². The van der Waals surface area contributed by atoms with Gasteiger partial charge in [-0.05, 0) is 40.2 Å². The minimum atomic E-state index is 0.802. The molecule has 3 nitrogen and oxygen atoms in total. The Kier molecular flexibility index (Phi) is 3.41. The van der Waals surface area contributed by atoms with E-state index in [0.29, 0.717) is 0 Å². The number of nitrogens with one attached hydrogen (secondary N) is 1. The first kappa shape index (κ1) is 11.0. The van der Waals surface area contributed by atoms with Gasteiger partial charge >= 0.3 is 0 Å². The van der Waals surface area contributed by atoms with Gasteiger partial charge in [-0.15, -0.1) is 0 Å². The second-order valence-corrected chi connectivity index (χ2v) is 4.04. The maximum atomic E-state index is 5.17. The molecule has 4 heteroatoms. The lowest BCUT2D eigenvalue weighted by molar-refractivity contribution is 0.415. The van der Waals surface area contributed by atoms with Gasteiger partial charge in [-0.25, -0.2) is 4.98 Å². The Hall–Kier alpha value is -1.55. The Bertz CT molecular complexity index is 474. The molecule has 0 atom stereocenters. The van der Waals surface area contributed by atoms with E-state index >= 15 is 0 Å². The first-order valence-electron chi connectivity index (χ1n) is 4.81. The van der Waals surface area contributed by atoms with Crippen molar-refractivity contribution >= 4 is 27.4 Å². The second-order valence-electron chi connectivity index (χ2n) is 3.19. The van der Waals surface area contributed by atoms with Crippen molar-refractivity contribution in [3.63, 3.8) is 0 Å². The largest absolute Gasteiger partial charge is 0.497 e. The molecule has 0 aliphatic heterocycles. The van der Waals surface area contributed by atoms with Crippen molar-refractivity contribution < 1.29 is 4.74 Å². The van der Waals surface area contributed by atoms with Crippen molar-refractivity contribution in [3.8, 4) is 5.75 Å². The van der Waals surface area contributed by atoms with E-state index in [2.05, 4.69) is 26.2 Å². The first-order chi connectivity index (χ1) is 7.79. The van der Waals surface area contributed by atoms with Crippen molar-refractivity contribution in [3.05, 3.63) is 47.1 Å². The van der Waals surface area contributed by atoms with Crippen LogP contribution in [0.15, 0.2) is 47.1 Å². The lowest BCUT2D eigenvalue weighted by Crippen LogP contribution is -1.94. The van der Waals surface area contributed by atoms with Crippen molar-refractivity contribution in [1.29, 1.82) is 0 Å². The van der Waals surface area contributed by atoms with Gasteiger partial charge < -0.3 is 10.1 Å². The van der Waals surface area contributed by atoms with E-state index < -0.39 is 0 Å². The zero-order valence-corrected chi connectivity index (χ0v) is 10.4. The molecule has 0 radical (unpaired) electrons. The molecule has 16 heavy (non-hydrogen) atoms. The highest BCUT2D eigenvalue weighted by molar-refractivity contribution is 9.10. The summed E-state index contributed by atoms with van der Waals surface area (Å²) in [5.74, 6) is 1.61. The Balaban J connectivity index is 2.27. The number of aromatic nitrogens is 1. The third kappa shape index (κ3) is 2.52. The molecule has 1 aromatic carbocycles. The predicted octanol–water partition coefficient (Wildman–Crippen LogP) is 3.60. The molecule has 0 saturated carbocycles. The maximum Gasteiger partial charge on any atom is 0.130 e. The molecule has 2 aromatic rings. The molecule has 1 aromatic heterocycles. The average Bonchev–Trinajstić information content (AvgIpc) is 2.33. The number of hydrogen-bond acceptors (Lipinski definition) is 3. The van der Waals surface area contributed by atoms with Gasteiger partial charge in [0.05, 0.1) is 12.8 Å². The summed E-state index contributed by atoms with van der Waals surface area (Å²) in [7, 11) is 1.65. The number of anilines is 2. The zero-order chi connectivity index (χ0) is 11.4. The van der Waals surface area contributed by atoms with Crippen LogP contribution in [0.1, 0.15) is 0 Å². The molecule has 0 amide bonds. The van der Waals surface area contributed by atoms with Gasteiger partial charge in [0.25, 0.3) is 0 Å². The molecule has 0 unspecified atom stereocenters. The SMILES string of the molecule is COc1ccc(Br)c(Nc2ccccn2)c1. The minimum absolute atomic E-state index is 0.802. The average molecular weight is 279 g/mol. The summed E-state index contributed by atoms with van der Waals surface area (Å²) in [4.78, 5) is 4.20. The summed E-state index contributed by atoms with van der Waals surface area (Å²) >= 11 is 3.47. The van der Waals surface area contributed by atoms with Gasteiger partial charge in [0.2, 0.25) is 0 Å². The highest BCUT2D eigenvalue weighted by Gasteiger charge is 2.02. The number of nitrogens with zero attached hydrogens (tertiary/aromatic N) is 1. The molecule has 0 spiro atoms. The standard InChI is InChI=1S/C12H11BrN2O/c1-16-9-5-6-10(13)11(8-9)15-12-4-2-3-7-14-12/h2-8H,1H3,(H,14,15). The van der Waals surface area contributed by atoms with Gasteiger partial charge in [0, 0.05) is 16.7 Å². The van der Waals surface area contributed by atoms with Crippen LogP contribution in [0.3, 0.4) is 0 Å². The molecule has 82 valence electrons. The summed E-state index contributed by atoms with van der Waals surface area (Å²) in [5, 5.41) is 3.21. The Morgan fingerprint density at radius 2 is 2.12 bits per heavy atom. The van der Waals surface area contributed by atoms with Crippen LogP contribution in [-0.4, -0.2) is 12.1 Å². The molecule has 0 fully saturated rings. The van der Waals surface area contributed by atoms with Crippen LogP contribution in [0, 0.1) is 0 Å². The van der Waals surface area contributed by atoms with Gasteiger partial charge in [0.15, 0.2) is 0 Å². The van der Waals surface area contributed by atoms with E-state index in [1.807, 2.05) is 36.4 Å². The summed E-state index contributed by atoms with van der Waals surface area (Å²) in [6.45, 7) is 0. The number of ether oxygens (including phenoxy) is 1. The quantitative estimate of drug-likeness (QED) is 0.932. The monoisotopic (exact) mass is 278 g/mol. The number of benzene rings is 1. The number of methoxy groups -OCH3 is 1. The highest BCUT2D eigenvalue weighted by atomic mass is 79.9. The van der Waals surface area contributed by atoms with E-state index in [-0.39, 0.29) is 0 Å². The molecule has 0 aliphatic rings. The fraction of sp³-hybridized carbons (Fsp3) is 0.0833. The molecule has 1 N–H and O–H groups in total. The zero-order valence-electron chi connectivity index (χ0n) is 8.77. The first-order valence-corrected chi connectivity index (χ1v) is 5.60. The van der Waals surface area contributed by atoms with E-state index in [1.165, 1.54) is 0 Å². The van der Waals surface area contributed by atoms with E-state index in [0.717, 1.165) is 21.7 Å². The van der Waals surface area contributed by atoms with Gasteiger partial charge in [-0.2, -0.15) is 0 Å². The van der Waals surface area contributed by atoms with E-state index in [9.17, 15) is 0 Å². The van der Waals surface area contributed by atoms with Gasteiger partial charge in [-0.1, -0.05) is 6.07 Å². The lowest BCUT2D eigenvalue weighted by atomic mass is 10.3. The molecular weight excluding hydrogens is 268 g/mol. The third-order valence-corrected chi connectivity index (χ3v) is 2.79. The van der Waals surface area contributed by atoms with E-state index in [1.54, 1.807) is 13.3 Å². The summed E-state index contributed by atoms with van der Waals surface area (Å²) < 4.78 is 6.14. The summed E-state index contributed by atoms with van der Waals surface area (Å²) in [5.41, 5.74) is 0.929. The minimum Gasteiger partial charge on any atom is -0.497 e. The van der Waals surface area contributed by atoms with Crippen molar-refractivity contribution in [1.82, 2.24) is 4.98 Å². The molecule has 0 aliphatic carbocycles. The maximum absolute atomic E-state index is 5.17. The smallest absolute Gasteiger partial charge is 0.130 e. The van der Waals surface area contributed by atoms with Crippen LogP contribution in [0.4, 0.5) is 11.5 Å². The molecule has 2 rings (SSSR count). The number of pyridine rings is 1. The normalized spacial score (nSPS) is 9.88.